The average Bonchev–Trinajstić information content (AvgIpc) is 3.05. The third-order valence-electron chi connectivity index (χ3n) is 3.86. The van der Waals surface area contributed by atoms with E-state index in [4.69, 9.17) is 9.47 Å². The van der Waals surface area contributed by atoms with Crippen LogP contribution in [0.5, 0.6) is 11.5 Å². The van der Waals surface area contributed by atoms with Crippen LogP contribution in [-0.4, -0.2) is 36.6 Å². The van der Waals surface area contributed by atoms with Crippen molar-refractivity contribution in [1.29, 1.82) is 0 Å². The molecule has 0 atom stereocenters. The zero-order valence-corrected chi connectivity index (χ0v) is 19.6. The first-order chi connectivity index (χ1) is 14.9. The zero-order valence-electron chi connectivity index (χ0n) is 16.6. The molecule has 2 aromatic carbocycles. The number of carbonyl (C=O) groups excluding carboxylic acids is 3. The van der Waals surface area contributed by atoms with Gasteiger partial charge in [0.15, 0.2) is 23.3 Å². The molecule has 0 radical (unpaired) electrons. The number of thioether (sulfide) groups is 1. The van der Waals surface area contributed by atoms with Gasteiger partial charge in [0.2, 0.25) is 5.91 Å². The van der Waals surface area contributed by atoms with E-state index in [-0.39, 0.29) is 23.6 Å². The number of halogens is 1. The largest absolute Gasteiger partial charge is 0.493 e. The fourth-order valence-corrected chi connectivity index (χ4v) is 4.22. The van der Waals surface area contributed by atoms with E-state index < -0.39 is 5.91 Å². The molecule has 1 aliphatic heterocycles. The topological polar surface area (TPSA) is 106 Å². The lowest BCUT2D eigenvalue weighted by atomic mass is 10.2. The quantitative estimate of drug-likeness (QED) is 0.421. The molecule has 3 rings (SSSR count). The van der Waals surface area contributed by atoms with Gasteiger partial charge in [0.25, 0.3) is 11.8 Å². The van der Waals surface area contributed by atoms with Crippen LogP contribution < -0.4 is 20.1 Å². The van der Waals surface area contributed by atoms with Gasteiger partial charge in [-0.15, -0.1) is 0 Å². The SMILES string of the molecule is COc1cc(/C=C2\SC(NC(C)=O)=NC2=O)cc(I)c1OCC(=O)Nc1ccccc1. The number of nitrogens with zero attached hydrogens (tertiary/aromatic N) is 1. The molecule has 1 aliphatic rings. The molecular weight excluding hydrogens is 533 g/mol. The number of aliphatic imine (C=N–C) groups is 1. The summed E-state index contributed by atoms with van der Waals surface area (Å²) in [6.45, 7) is 1.16. The number of para-hydroxylation sites is 1. The van der Waals surface area contributed by atoms with Crippen LogP contribution in [-0.2, 0) is 14.4 Å². The maximum absolute atomic E-state index is 12.2. The number of anilines is 1. The Morgan fingerprint density at radius 2 is 1.94 bits per heavy atom. The second-order valence-corrected chi connectivity index (χ2v) is 8.44. The minimum atomic E-state index is -0.430. The molecule has 160 valence electrons. The van der Waals surface area contributed by atoms with Crippen LogP contribution >= 0.6 is 34.4 Å². The van der Waals surface area contributed by atoms with Gasteiger partial charge in [0, 0.05) is 12.6 Å². The maximum atomic E-state index is 12.2. The normalized spacial score (nSPS) is 14.2. The third-order valence-corrected chi connectivity index (χ3v) is 5.56. The molecule has 0 saturated carbocycles. The van der Waals surface area contributed by atoms with Crippen molar-refractivity contribution < 1.29 is 23.9 Å². The number of rotatable bonds is 6. The van der Waals surface area contributed by atoms with E-state index in [9.17, 15) is 14.4 Å². The molecule has 1 heterocycles. The van der Waals surface area contributed by atoms with Crippen LogP contribution in [0.2, 0.25) is 0 Å². The molecule has 10 heteroatoms. The molecule has 31 heavy (non-hydrogen) atoms. The first kappa shape index (κ1) is 22.8. The van der Waals surface area contributed by atoms with Crippen molar-refractivity contribution in [2.75, 3.05) is 19.0 Å². The van der Waals surface area contributed by atoms with Crippen LogP contribution in [0.15, 0.2) is 52.4 Å². The monoisotopic (exact) mass is 551 g/mol. The molecular formula is C21H18IN3O5S. The summed E-state index contributed by atoms with van der Waals surface area (Å²) in [6, 6.07) is 12.6. The number of benzene rings is 2. The van der Waals surface area contributed by atoms with E-state index in [2.05, 4.69) is 38.2 Å². The van der Waals surface area contributed by atoms with E-state index in [1.165, 1.54) is 14.0 Å². The Kier molecular flexibility index (Phi) is 7.69. The minimum Gasteiger partial charge on any atom is -0.493 e. The lowest BCUT2D eigenvalue weighted by Crippen LogP contribution is -2.23. The second-order valence-electron chi connectivity index (χ2n) is 6.25. The van der Waals surface area contributed by atoms with Crippen LogP contribution in [0.1, 0.15) is 12.5 Å². The number of amidine groups is 1. The van der Waals surface area contributed by atoms with Gasteiger partial charge in [-0.05, 0) is 70.3 Å². The van der Waals surface area contributed by atoms with Crippen LogP contribution in [0.4, 0.5) is 5.69 Å². The van der Waals surface area contributed by atoms with Crippen LogP contribution in [0, 0.1) is 3.57 Å². The van der Waals surface area contributed by atoms with E-state index in [1.807, 2.05) is 18.2 Å². The average molecular weight is 551 g/mol. The summed E-state index contributed by atoms with van der Waals surface area (Å²) < 4.78 is 11.8. The summed E-state index contributed by atoms with van der Waals surface area (Å²) in [5.74, 6) is -0.181. The van der Waals surface area contributed by atoms with Crippen molar-refractivity contribution in [1.82, 2.24) is 5.32 Å². The highest BCUT2D eigenvalue weighted by atomic mass is 127. The summed E-state index contributed by atoms with van der Waals surface area (Å²) in [5, 5.41) is 5.50. The number of methoxy groups -OCH3 is 1. The molecule has 0 aromatic heterocycles. The number of ether oxygens (including phenoxy) is 2. The van der Waals surface area contributed by atoms with Crippen molar-refractivity contribution >= 4 is 69.0 Å². The lowest BCUT2D eigenvalue weighted by Gasteiger charge is -2.14. The predicted molar refractivity (Wildman–Crippen MR) is 128 cm³/mol. The Bertz CT molecular complexity index is 1090. The molecule has 2 N–H and O–H groups in total. The molecule has 8 nitrogen and oxygen atoms in total. The van der Waals surface area contributed by atoms with E-state index in [0.717, 1.165) is 11.8 Å². The first-order valence-corrected chi connectivity index (χ1v) is 10.9. The Morgan fingerprint density at radius 3 is 2.61 bits per heavy atom. The molecule has 0 unspecified atom stereocenters. The van der Waals surface area contributed by atoms with Gasteiger partial charge in [-0.1, -0.05) is 18.2 Å². The van der Waals surface area contributed by atoms with Gasteiger partial charge in [-0.3, -0.25) is 14.4 Å². The Hall–Kier alpha value is -2.86. The molecule has 0 spiro atoms. The smallest absolute Gasteiger partial charge is 0.286 e. The molecule has 0 fully saturated rings. The lowest BCUT2D eigenvalue weighted by molar-refractivity contribution is -0.118. The fraction of sp³-hybridized carbons (Fsp3) is 0.143. The highest BCUT2D eigenvalue weighted by Crippen LogP contribution is 2.36. The molecule has 2 aromatic rings. The number of amides is 3. The molecule has 0 bridgehead atoms. The van der Waals surface area contributed by atoms with Crippen molar-refractivity contribution in [3.63, 3.8) is 0 Å². The molecule has 0 saturated heterocycles. The highest BCUT2D eigenvalue weighted by Gasteiger charge is 2.23. The van der Waals surface area contributed by atoms with Gasteiger partial charge in [0.1, 0.15) is 0 Å². The number of carbonyl (C=O) groups is 3. The maximum Gasteiger partial charge on any atom is 0.286 e. The zero-order chi connectivity index (χ0) is 22.4. The Balaban J connectivity index is 1.71. The molecule has 3 amide bonds. The number of hydrogen-bond acceptors (Lipinski definition) is 6. The Morgan fingerprint density at radius 1 is 1.19 bits per heavy atom. The van der Waals surface area contributed by atoms with Gasteiger partial charge in [-0.25, -0.2) is 0 Å². The summed E-state index contributed by atoms with van der Waals surface area (Å²) in [7, 11) is 1.49. The standard InChI is InChI=1S/C21H18IN3O5S/c1-12(26)23-21-25-20(28)17(31-21)10-13-8-15(22)19(16(9-13)29-2)30-11-18(27)24-14-6-4-3-5-7-14/h3-10H,11H2,1-2H3,(H,24,27)(H,23,25,26,28)/b17-10-. The van der Waals surface area contributed by atoms with Crippen molar-refractivity contribution in [2.45, 2.75) is 6.92 Å². The summed E-state index contributed by atoms with van der Waals surface area (Å²) in [6.07, 6.45) is 1.65. The number of nitrogens with one attached hydrogen (secondary N) is 2. The van der Waals surface area contributed by atoms with Gasteiger partial charge in [-0.2, -0.15) is 4.99 Å². The van der Waals surface area contributed by atoms with Crippen LogP contribution in [0.3, 0.4) is 0 Å². The van der Waals surface area contributed by atoms with Gasteiger partial charge >= 0.3 is 0 Å². The predicted octanol–water partition coefficient (Wildman–Crippen LogP) is 3.42. The second kappa shape index (κ2) is 10.4. The highest BCUT2D eigenvalue weighted by molar-refractivity contribution is 14.1. The van der Waals surface area contributed by atoms with E-state index >= 15 is 0 Å². The fourth-order valence-electron chi connectivity index (χ4n) is 2.58. The first-order valence-electron chi connectivity index (χ1n) is 9.01. The number of hydrogen-bond donors (Lipinski definition) is 2. The van der Waals surface area contributed by atoms with Crippen molar-refractivity contribution in [2.24, 2.45) is 4.99 Å². The van der Waals surface area contributed by atoms with Crippen molar-refractivity contribution in [3.8, 4) is 11.5 Å². The summed E-state index contributed by atoms with van der Waals surface area (Å²) in [4.78, 5) is 39.6. The summed E-state index contributed by atoms with van der Waals surface area (Å²) in [5.41, 5.74) is 1.37. The minimum absolute atomic E-state index is 0.191. The van der Waals surface area contributed by atoms with E-state index in [1.54, 1.807) is 30.3 Å². The van der Waals surface area contributed by atoms with Gasteiger partial charge in [0.05, 0.1) is 15.6 Å². The summed E-state index contributed by atoms with van der Waals surface area (Å²) >= 11 is 3.16. The van der Waals surface area contributed by atoms with Crippen molar-refractivity contribution in [3.05, 3.63) is 56.5 Å². The Labute approximate surface area is 196 Å². The van der Waals surface area contributed by atoms with Gasteiger partial charge < -0.3 is 20.1 Å². The van der Waals surface area contributed by atoms with Crippen LogP contribution in [0.25, 0.3) is 6.08 Å². The molecule has 0 aliphatic carbocycles. The third kappa shape index (κ3) is 6.31. The van der Waals surface area contributed by atoms with E-state index in [0.29, 0.717) is 31.2 Å².